The zero-order valence-electron chi connectivity index (χ0n) is 13.0. The fraction of sp³-hybridized carbons (Fsp3) is 0.375. The van der Waals surface area contributed by atoms with E-state index in [9.17, 15) is 4.79 Å². The Morgan fingerprint density at radius 2 is 2.09 bits per heavy atom. The maximum absolute atomic E-state index is 12.2. The molecule has 0 saturated heterocycles. The molecule has 0 saturated carbocycles. The van der Waals surface area contributed by atoms with Crippen LogP contribution in [0.15, 0.2) is 35.6 Å². The number of nitrogens with one attached hydrogen (secondary N) is 1. The third kappa shape index (κ3) is 3.90. The van der Waals surface area contributed by atoms with Crippen molar-refractivity contribution >= 4 is 23.4 Å². The summed E-state index contributed by atoms with van der Waals surface area (Å²) in [5, 5.41) is 12.5. The Bertz CT molecular complexity index is 637. The molecule has 1 heterocycles. The predicted molar refractivity (Wildman–Crippen MR) is 88.9 cm³/mol. The lowest BCUT2D eigenvalue weighted by molar-refractivity contribution is -0.115. The summed E-state index contributed by atoms with van der Waals surface area (Å²) in [6, 6.07) is 7.86. The number of imidazole rings is 1. The highest BCUT2D eigenvalue weighted by Gasteiger charge is 2.18. The van der Waals surface area contributed by atoms with Gasteiger partial charge in [0.05, 0.1) is 23.7 Å². The molecule has 2 aromatic rings. The summed E-state index contributed by atoms with van der Waals surface area (Å²) in [6.07, 6.45) is 2.60. The van der Waals surface area contributed by atoms with E-state index in [1.165, 1.54) is 17.3 Å². The van der Waals surface area contributed by atoms with Crippen molar-refractivity contribution in [3.05, 3.63) is 41.7 Å². The van der Waals surface area contributed by atoms with Gasteiger partial charge < -0.3 is 15.0 Å². The van der Waals surface area contributed by atoms with Gasteiger partial charge in [0.25, 0.3) is 0 Å². The van der Waals surface area contributed by atoms with Crippen LogP contribution in [-0.2, 0) is 24.9 Å². The number of amides is 1. The van der Waals surface area contributed by atoms with E-state index in [0.717, 1.165) is 17.8 Å². The molecular weight excluding hydrogens is 298 g/mol. The monoisotopic (exact) mass is 319 g/mol. The minimum absolute atomic E-state index is 0.0611. The maximum atomic E-state index is 12.2. The number of carbonyl (C=O) groups is 1. The third-order valence-electron chi connectivity index (χ3n) is 3.48. The van der Waals surface area contributed by atoms with Crippen molar-refractivity contribution in [2.45, 2.75) is 37.3 Å². The number of aliphatic hydroxyl groups excluding tert-OH is 1. The molecule has 0 aliphatic carbocycles. The van der Waals surface area contributed by atoms with E-state index in [-0.39, 0.29) is 17.8 Å². The summed E-state index contributed by atoms with van der Waals surface area (Å²) < 4.78 is 1.80. The fourth-order valence-electron chi connectivity index (χ4n) is 1.96. The number of thioether (sulfide) groups is 1. The minimum Gasteiger partial charge on any atom is -0.390 e. The molecule has 2 rings (SSSR count). The van der Waals surface area contributed by atoms with Gasteiger partial charge in [0, 0.05) is 12.7 Å². The Balaban J connectivity index is 1.97. The molecule has 0 aliphatic heterocycles. The van der Waals surface area contributed by atoms with Crippen LogP contribution in [0.1, 0.15) is 25.1 Å². The third-order valence-corrected chi connectivity index (χ3v) is 4.64. The van der Waals surface area contributed by atoms with Gasteiger partial charge >= 0.3 is 0 Å². The van der Waals surface area contributed by atoms with Gasteiger partial charge in [-0.05, 0) is 31.0 Å². The Morgan fingerprint density at radius 1 is 1.41 bits per heavy atom. The lowest BCUT2D eigenvalue weighted by Crippen LogP contribution is -2.22. The Hall–Kier alpha value is -1.79. The average molecular weight is 319 g/mol. The normalized spacial score (nSPS) is 12.2. The Kier molecular flexibility index (Phi) is 5.63. The average Bonchev–Trinajstić information content (AvgIpc) is 2.88. The van der Waals surface area contributed by atoms with Crippen molar-refractivity contribution in [2.75, 3.05) is 5.32 Å². The lowest BCUT2D eigenvalue weighted by Gasteiger charge is -2.12. The van der Waals surface area contributed by atoms with E-state index in [0.29, 0.717) is 5.16 Å². The zero-order valence-corrected chi connectivity index (χ0v) is 13.9. The van der Waals surface area contributed by atoms with Crippen LogP contribution in [0.2, 0.25) is 0 Å². The number of hydrogen-bond acceptors (Lipinski definition) is 4. The highest BCUT2D eigenvalue weighted by molar-refractivity contribution is 8.00. The SMILES string of the molecule is CCc1ccc(NC(=O)C(C)Sc2ncc(CO)n2C)cc1. The number of aromatic nitrogens is 2. The van der Waals surface area contributed by atoms with E-state index in [1.807, 2.05) is 38.2 Å². The van der Waals surface area contributed by atoms with Gasteiger partial charge in [0.2, 0.25) is 5.91 Å². The van der Waals surface area contributed by atoms with Crippen LogP contribution in [0, 0.1) is 0 Å². The van der Waals surface area contributed by atoms with Crippen LogP contribution < -0.4 is 5.32 Å². The molecule has 5 nitrogen and oxygen atoms in total. The van der Waals surface area contributed by atoms with E-state index < -0.39 is 0 Å². The van der Waals surface area contributed by atoms with Crippen molar-refractivity contribution in [3.8, 4) is 0 Å². The van der Waals surface area contributed by atoms with Gasteiger partial charge in [-0.25, -0.2) is 4.98 Å². The summed E-state index contributed by atoms with van der Waals surface area (Å²) in [6.45, 7) is 3.88. The molecule has 2 N–H and O–H groups in total. The van der Waals surface area contributed by atoms with Crippen molar-refractivity contribution in [3.63, 3.8) is 0 Å². The smallest absolute Gasteiger partial charge is 0.237 e. The molecule has 0 aliphatic rings. The van der Waals surface area contributed by atoms with Crippen LogP contribution in [0.4, 0.5) is 5.69 Å². The molecule has 1 aromatic carbocycles. The molecule has 22 heavy (non-hydrogen) atoms. The number of hydrogen-bond donors (Lipinski definition) is 2. The first kappa shape index (κ1) is 16.6. The van der Waals surface area contributed by atoms with Crippen LogP contribution in [0.3, 0.4) is 0 Å². The van der Waals surface area contributed by atoms with Crippen molar-refractivity contribution in [1.82, 2.24) is 9.55 Å². The molecule has 118 valence electrons. The fourth-order valence-corrected chi connectivity index (χ4v) is 2.83. The molecule has 6 heteroatoms. The molecule has 0 spiro atoms. The van der Waals surface area contributed by atoms with Gasteiger partial charge in [-0.3, -0.25) is 4.79 Å². The summed E-state index contributed by atoms with van der Waals surface area (Å²) in [4.78, 5) is 16.5. The van der Waals surface area contributed by atoms with Gasteiger partial charge in [-0.15, -0.1) is 0 Å². The number of anilines is 1. The molecule has 0 fully saturated rings. The molecule has 1 amide bonds. The number of aryl methyl sites for hydroxylation is 1. The number of nitrogens with zero attached hydrogens (tertiary/aromatic N) is 2. The summed E-state index contributed by atoms with van der Waals surface area (Å²) in [5.41, 5.74) is 2.76. The second kappa shape index (κ2) is 7.47. The molecule has 0 bridgehead atoms. The number of aliphatic hydroxyl groups is 1. The van der Waals surface area contributed by atoms with Crippen LogP contribution in [0.5, 0.6) is 0 Å². The van der Waals surface area contributed by atoms with E-state index in [2.05, 4.69) is 17.2 Å². The lowest BCUT2D eigenvalue weighted by atomic mass is 10.1. The molecular formula is C16H21N3O2S. The van der Waals surface area contributed by atoms with Gasteiger partial charge in [0.15, 0.2) is 5.16 Å². The summed E-state index contributed by atoms with van der Waals surface area (Å²) >= 11 is 1.37. The van der Waals surface area contributed by atoms with Crippen molar-refractivity contribution in [1.29, 1.82) is 0 Å². The molecule has 1 unspecified atom stereocenters. The highest BCUT2D eigenvalue weighted by atomic mass is 32.2. The van der Waals surface area contributed by atoms with Crippen molar-refractivity contribution < 1.29 is 9.90 Å². The van der Waals surface area contributed by atoms with Gasteiger partial charge in [-0.1, -0.05) is 30.8 Å². The van der Waals surface area contributed by atoms with Crippen molar-refractivity contribution in [2.24, 2.45) is 7.05 Å². The topological polar surface area (TPSA) is 67.2 Å². The standard InChI is InChI=1S/C16H21N3O2S/c1-4-12-5-7-13(8-6-12)18-15(21)11(2)22-16-17-9-14(10-20)19(16)3/h5-9,11,20H,4,10H2,1-3H3,(H,18,21). The van der Waals surface area contributed by atoms with E-state index >= 15 is 0 Å². The number of carbonyl (C=O) groups excluding carboxylic acids is 1. The van der Waals surface area contributed by atoms with E-state index in [4.69, 9.17) is 5.11 Å². The predicted octanol–water partition coefficient (Wildman–Crippen LogP) is 2.59. The summed E-state index contributed by atoms with van der Waals surface area (Å²) in [5.74, 6) is -0.0669. The second-order valence-electron chi connectivity index (χ2n) is 5.05. The van der Waals surface area contributed by atoms with Crippen LogP contribution in [-0.4, -0.2) is 25.8 Å². The first-order chi connectivity index (χ1) is 10.5. The zero-order chi connectivity index (χ0) is 16.1. The van der Waals surface area contributed by atoms with Gasteiger partial charge in [0.1, 0.15) is 0 Å². The minimum atomic E-state index is -0.279. The van der Waals surface area contributed by atoms with E-state index in [1.54, 1.807) is 10.8 Å². The van der Waals surface area contributed by atoms with Crippen LogP contribution in [0.25, 0.3) is 0 Å². The molecule has 1 aromatic heterocycles. The highest BCUT2D eigenvalue weighted by Crippen LogP contribution is 2.23. The molecule has 1 atom stereocenters. The van der Waals surface area contributed by atoms with Crippen LogP contribution >= 0.6 is 11.8 Å². The summed E-state index contributed by atoms with van der Waals surface area (Å²) in [7, 11) is 1.83. The number of rotatable bonds is 6. The first-order valence-electron chi connectivity index (χ1n) is 7.23. The molecule has 0 radical (unpaired) electrons. The van der Waals surface area contributed by atoms with Gasteiger partial charge in [-0.2, -0.15) is 0 Å². The Labute approximate surface area is 134 Å². The largest absolute Gasteiger partial charge is 0.390 e. The quantitative estimate of drug-likeness (QED) is 0.803. The second-order valence-corrected chi connectivity index (χ2v) is 6.36. The number of benzene rings is 1. The first-order valence-corrected chi connectivity index (χ1v) is 8.11. The Morgan fingerprint density at radius 3 is 2.64 bits per heavy atom. The maximum Gasteiger partial charge on any atom is 0.237 e.